The molecular formula is C11H25ClN2O3. The maximum Gasteiger partial charge on any atom is 0.224 e. The third-order valence-electron chi connectivity index (χ3n) is 2.15. The number of hydrogen-bond acceptors (Lipinski definition) is 4. The molecule has 0 aliphatic heterocycles. The van der Waals surface area contributed by atoms with Gasteiger partial charge in [0.1, 0.15) is 0 Å². The molecule has 0 bridgehead atoms. The van der Waals surface area contributed by atoms with Gasteiger partial charge in [0.2, 0.25) is 5.91 Å². The highest BCUT2D eigenvalue weighted by molar-refractivity contribution is 5.85. The van der Waals surface area contributed by atoms with Gasteiger partial charge in [-0.25, -0.2) is 0 Å². The highest BCUT2D eigenvalue weighted by Crippen LogP contribution is 1.92. The summed E-state index contributed by atoms with van der Waals surface area (Å²) in [5.74, 6) is 0.102. The van der Waals surface area contributed by atoms with Crippen molar-refractivity contribution in [2.24, 2.45) is 5.92 Å². The smallest absolute Gasteiger partial charge is 0.224 e. The number of halogens is 1. The second kappa shape index (κ2) is 13.7. The fourth-order valence-corrected chi connectivity index (χ4v) is 1.20. The number of carbonyl (C=O) groups excluding carboxylic acids is 1. The van der Waals surface area contributed by atoms with Crippen LogP contribution in [-0.2, 0) is 14.3 Å². The minimum Gasteiger partial charge on any atom is -0.382 e. The summed E-state index contributed by atoms with van der Waals surface area (Å²) in [6.07, 6.45) is 0.835. The van der Waals surface area contributed by atoms with Gasteiger partial charge in [-0.05, 0) is 13.5 Å². The van der Waals surface area contributed by atoms with Crippen LogP contribution in [0.2, 0.25) is 0 Å². The van der Waals surface area contributed by atoms with Crippen molar-refractivity contribution in [1.82, 2.24) is 10.6 Å². The summed E-state index contributed by atoms with van der Waals surface area (Å²) in [5, 5.41) is 5.84. The van der Waals surface area contributed by atoms with E-state index in [4.69, 9.17) is 9.47 Å². The molecular weight excluding hydrogens is 244 g/mol. The number of ether oxygens (including phenoxy) is 2. The van der Waals surface area contributed by atoms with Gasteiger partial charge in [-0.15, -0.1) is 12.4 Å². The predicted octanol–water partition coefficient (Wildman–Crippen LogP) is 0.433. The van der Waals surface area contributed by atoms with Crippen molar-refractivity contribution in [3.8, 4) is 0 Å². The minimum absolute atomic E-state index is 0. The molecule has 5 nitrogen and oxygen atoms in total. The van der Waals surface area contributed by atoms with E-state index in [0.717, 1.165) is 6.42 Å². The number of methoxy groups -OCH3 is 1. The Kier molecular flexibility index (Phi) is 15.3. The normalized spacial score (nSPS) is 11.7. The van der Waals surface area contributed by atoms with Crippen LogP contribution in [0.3, 0.4) is 0 Å². The Morgan fingerprint density at radius 2 is 2.00 bits per heavy atom. The first-order chi connectivity index (χ1) is 7.72. The van der Waals surface area contributed by atoms with Gasteiger partial charge < -0.3 is 20.1 Å². The van der Waals surface area contributed by atoms with Crippen molar-refractivity contribution < 1.29 is 14.3 Å². The van der Waals surface area contributed by atoms with Crippen LogP contribution in [0.15, 0.2) is 0 Å². The number of amides is 1. The Balaban J connectivity index is 0. The van der Waals surface area contributed by atoms with E-state index in [0.29, 0.717) is 32.9 Å². The van der Waals surface area contributed by atoms with Crippen molar-refractivity contribution in [1.29, 1.82) is 0 Å². The van der Waals surface area contributed by atoms with Gasteiger partial charge >= 0.3 is 0 Å². The van der Waals surface area contributed by atoms with Crippen molar-refractivity contribution in [3.63, 3.8) is 0 Å². The van der Waals surface area contributed by atoms with E-state index in [2.05, 4.69) is 10.6 Å². The molecule has 1 atom stereocenters. The monoisotopic (exact) mass is 268 g/mol. The largest absolute Gasteiger partial charge is 0.382 e. The summed E-state index contributed by atoms with van der Waals surface area (Å²) in [6, 6.07) is 0. The van der Waals surface area contributed by atoms with Crippen molar-refractivity contribution in [3.05, 3.63) is 0 Å². The maximum absolute atomic E-state index is 11.5. The SMILES string of the molecule is CNCC(C)C(=O)NCCCOCCOC.Cl. The van der Waals surface area contributed by atoms with Crippen molar-refractivity contribution in [2.45, 2.75) is 13.3 Å². The summed E-state index contributed by atoms with van der Waals surface area (Å²) < 4.78 is 10.1. The summed E-state index contributed by atoms with van der Waals surface area (Å²) >= 11 is 0. The topological polar surface area (TPSA) is 59.6 Å². The highest BCUT2D eigenvalue weighted by Gasteiger charge is 2.10. The molecule has 0 spiro atoms. The third-order valence-corrected chi connectivity index (χ3v) is 2.15. The van der Waals surface area contributed by atoms with E-state index in [9.17, 15) is 4.79 Å². The van der Waals surface area contributed by atoms with Crippen LogP contribution in [0.5, 0.6) is 0 Å². The molecule has 17 heavy (non-hydrogen) atoms. The first kappa shape index (κ1) is 19.0. The van der Waals surface area contributed by atoms with Crippen LogP contribution < -0.4 is 10.6 Å². The van der Waals surface area contributed by atoms with E-state index in [1.807, 2.05) is 14.0 Å². The molecule has 1 unspecified atom stereocenters. The summed E-state index contributed by atoms with van der Waals surface area (Å²) in [4.78, 5) is 11.5. The molecule has 0 aromatic heterocycles. The molecule has 0 rings (SSSR count). The van der Waals surface area contributed by atoms with E-state index in [-0.39, 0.29) is 24.2 Å². The first-order valence-electron chi connectivity index (χ1n) is 5.71. The third kappa shape index (κ3) is 11.9. The van der Waals surface area contributed by atoms with Gasteiger partial charge in [0.05, 0.1) is 13.2 Å². The number of hydrogen-bond donors (Lipinski definition) is 2. The molecule has 0 heterocycles. The van der Waals surface area contributed by atoms with Crippen LogP contribution in [0, 0.1) is 5.92 Å². The molecule has 0 aromatic carbocycles. The predicted molar refractivity (Wildman–Crippen MR) is 70.7 cm³/mol. The number of nitrogens with one attached hydrogen (secondary N) is 2. The number of rotatable bonds is 10. The molecule has 0 fully saturated rings. The highest BCUT2D eigenvalue weighted by atomic mass is 35.5. The second-order valence-corrected chi connectivity index (χ2v) is 3.71. The Morgan fingerprint density at radius 3 is 2.59 bits per heavy atom. The molecule has 0 aliphatic carbocycles. The fraction of sp³-hybridized carbons (Fsp3) is 0.909. The van der Waals surface area contributed by atoms with Crippen LogP contribution in [0.4, 0.5) is 0 Å². The van der Waals surface area contributed by atoms with Gasteiger partial charge in [0, 0.05) is 32.7 Å². The van der Waals surface area contributed by atoms with E-state index < -0.39 is 0 Å². The van der Waals surface area contributed by atoms with E-state index in [1.165, 1.54) is 0 Å². The Morgan fingerprint density at radius 1 is 1.29 bits per heavy atom. The molecule has 1 amide bonds. The maximum atomic E-state index is 11.5. The Bertz CT molecular complexity index is 182. The van der Waals surface area contributed by atoms with Crippen LogP contribution in [-0.4, -0.2) is 53.0 Å². The average molecular weight is 269 g/mol. The van der Waals surface area contributed by atoms with Gasteiger partial charge in [0.25, 0.3) is 0 Å². The molecule has 0 aliphatic rings. The van der Waals surface area contributed by atoms with Crippen LogP contribution in [0.1, 0.15) is 13.3 Å². The zero-order valence-electron chi connectivity index (χ0n) is 11.0. The minimum atomic E-state index is 0. The Labute approximate surface area is 110 Å². The molecule has 2 N–H and O–H groups in total. The van der Waals surface area contributed by atoms with Crippen LogP contribution in [0.25, 0.3) is 0 Å². The lowest BCUT2D eigenvalue weighted by atomic mass is 10.1. The first-order valence-corrected chi connectivity index (χ1v) is 5.71. The van der Waals surface area contributed by atoms with Gasteiger partial charge in [0.15, 0.2) is 0 Å². The number of carbonyl (C=O) groups is 1. The standard InChI is InChI=1S/C11H24N2O3.ClH/c1-10(9-12-2)11(14)13-5-4-6-16-8-7-15-3;/h10,12H,4-9H2,1-3H3,(H,13,14);1H. The quantitative estimate of drug-likeness (QED) is 0.565. The lowest BCUT2D eigenvalue weighted by Crippen LogP contribution is -2.35. The van der Waals surface area contributed by atoms with E-state index >= 15 is 0 Å². The average Bonchev–Trinajstić information content (AvgIpc) is 2.28. The molecule has 0 radical (unpaired) electrons. The zero-order valence-corrected chi connectivity index (χ0v) is 11.8. The lowest BCUT2D eigenvalue weighted by Gasteiger charge is -2.11. The summed E-state index contributed by atoms with van der Waals surface area (Å²) in [7, 11) is 3.49. The molecule has 6 heteroatoms. The van der Waals surface area contributed by atoms with Gasteiger partial charge in [-0.1, -0.05) is 6.92 Å². The van der Waals surface area contributed by atoms with Gasteiger partial charge in [-0.2, -0.15) is 0 Å². The fourth-order valence-electron chi connectivity index (χ4n) is 1.20. The summed E-state index contributed by atoms with van der Waals surface area (Å²) in [6.45, 7) is 5.16. The second-order valence-electron chi connectivity index (χ2n) is 3.71. The zero-order chi connectivity index (χ0) is 12.2. The lowest BCUT2D eigenvalue weighted by molar-refractivity contribution is -0.124. The van der Waals surface area contributed by atoms with Gasteiger partial charge in [-0.3, -0.25) is 4.79 Å². The van der Waals surface area contributed by atoms with Crippen molar-refractivity contribution in [2.75, 3.05) is 47.1 Å². The van der Waals surface area contributed by atoms with Crippen molar-refractivity contribution >= 4 is 18.3 Å². The molecule has 0 aromatic rings. The molecule has 0 saturated heterocycles. The van der Waals surface area contributed by atoms with E-state index in [1.54, 1.807) is 7.11 Å². The molecule has 0 saturated carbocycles. The molecule has 104 valence electrons. The summed E-state index contributed by atoms with van der Waals surface area (Å²) in [5.41, 5.74) is 0. The van der Waals surface area contributed by atoms with Crippen LogP contribution >= 0.6 is 12.4 Å². The Hall–Kier alpha value is -0.360.